The van der Waals surface area contributed by atoms with Crippen LogP contribution in [0, 0.1) is 5.92 Å². The Morgan fingerprint density at radius 2 is 1.05 bits per heavy atom. The van der Waals surface area contributed by atoms with Gasteiger partial charge < -0.3 is 40.0 Å². The average Bonchev–Trinajstić information content (AvgIpc) is 3.46. The highest BCUT2D eigenvalue weighted by Gasteiger charge is 2.31. The Kier molecular flexibility index (Phi) is 19.6. The first-order valence-electron chi connectivity index (χ1n) is 23.7. The van der Waals surface area contributed by atoms with Crippen molar-refractivity contribution in [3.63, 3.8) is 0 Å². The predicted octanol–water partition coefficient (Wildman–Crippen LogP) is 11.4. The molecule has 6 heterocycles. The Hall–Kier alpha value is -9.21. The number of benzene rings is 3. The lowest BCUT2D eigenvalue weighted by Crippen LogP contribution is -2.50. The summed E-state index contributed by atoms with van der Waals surface area (Å²) in [6.45, 7) is 6.68. The summed E-state index contributed by atoms with van der Waals surface area (Å²) in [5.74, 6) is 0.230. The Morgan fingerprint density at radius 1 is 0.551 bits per heavy atom. The van der Waals surface area contributed by atoms with Crippen molar-refractivity contribution >= 4 is 69.6 Å². The molecular weight excluding hydrogens is 1050 g/mol. The highest BCUT2D eigenvalue weighted by atomic mass is 35.5. The summed E-state index contributed by atoms with van der Waals surface area (Å²) in [4.78, 5) is 76.1. The number of pyridine rings is 4. The quantitative estimate of drug-likeness (QED) is 0.0979. The van der Waals surface area contributed by atoms with E-state index in [-0.39, 0.29) is 52.0 Å². The molecule has 78 heavy (non-hydrogen) atoms. The van der Waals surface area contributed by atoms with Crippen LogP contribution in [0.25, 0.3) is 0 Å². The average molecular weight is 1100 g/mol. The number of ether oxygens (including phenoxy) is 3. The third kappa shape index (κ3) is 16.2. The van der Waals surface area contributed by atoms with Crippen LogP contribution in [0.4, 0.5) is 35.9 Å². The van der Waals surface area contributed by atoms with Crippen LogP contribution in [0.1, 0.15) is 50.9 Å². The first kappa shape index (κ1) is 56.5. The Morgan fingerprint density at radius 3 is 1.50 bits per heavy atom. The molecule has 1 fully saturated rings. The number of rotatable bonds is 13. The topological polar surface area (TPSA) is 216 Å². The minimum absolute atomic E-state index is 0.0159. The molecule has 0 saturated carbocycles. The van der Waals surface area contributed by atoms with Crippen molar-refractivity contribution in [3.8, 4) is 29.1 Å². The molecule has 0 radical (unpaired) electrons. The molecule has 5 aromatic heterocycles. The SMILES string of the molecule is CC(C)C(=O)N1CCN(c2ccc(NC(=O)c3ccccn3)cc2Cl)CC1.COc1cc(NC(=O)c2ccccn2)ccc1Oc1ncccn1.O=C(Nc1ccc(Oc2ccc(C(F)(F)F)cn2)c(Cl)c1)c1ccccn1. The van der Waals surface area contributed by atoms with E-state index in [1.165, 1.54) is 31.5 Å². The molecule has 0 aliphatic carbocycles. The number of piperazine rings is 1. The fourth-order valence-corrected chi connectivity index (χ4v) is 7.62. The maximum absolute atomic E-state index is 12.5. The van der Waals surface area contributed by atoms with Gasteiger partial charge in [0.15, 0.2) is 11.5 Å². The van der Waals surface area contributed by atoms with E-state index in [1.54, 1.807) is 110 Å². The monoisotopic (exact) mass is 1100 g/mol. The number of nitrogens with one attached hydrogen (secondary N) is 3. The first-order valence-corrected chi connectivity index (χ1v) is 24.4. The summed E-state index contributed by atoms with van der Waals surface area (Å²) >= 11 is 12.6. The van der Waals surface area contributed by atoms with Gasteiger partial charge in [-0.05, 0) is 97.1 Å². The molecule has 0 atom stereocenters. The largest absolute Gasteiger partial charge is 0.493 e. The summed E-state index contributed by atoms with van der Waals surface area (Å²) in [5, 5.41) is 8.91. The van der Waals surface area contributed by atoms with Gasteiger partial charge in [-0.25, -0.2) is 15.0 Å². The normalized spacial score (nSPS) is 11.9. The van der Waals surface area contributed by atoms with Gasteiger partial charge in [-0.3, -0.25) is 34.1 Å². The van der Waals surface area contributed by atoms with E-state index >= 15 is 0 Å². The highest BCUT2D eigenvalue weighted by Crippen LogP contribution is 2.35. The summed E-state index contributed by atoms with van der Waals surface area (Å²) < 4.78 is 53.9. The number of methoxy groups -OCH3 is 1. The van der Waals surface area contributed by atoms with Crippen molar-refractivity contribution in [2.24, 2.45) is 5.92 Å². The molecule has 0 bridgehead atoms. The van der Waals surface area contributed by atoms with E-state index < -0.39 is 17.6 Å². The van der Waals surface area contributed by atoms with E-state index in [2.05, 4.69) is 50.8 Å². The van der Waals surface area contributed by atoms with Gasteiger partial charge in [0.05, 0.1) is 28.4 Å². The fourth-order valence-electron chi connectivity index (χ4n) is 7.10. The number of hydrogen-bond acceptors (Lipinski definition) is 14. The number of carbonyl (C=O) groups excluding carboxylic acids is 4. The van der Waals surface area contributed by atoms with Gasteiger partial charge in [0.1, 0.15) is 22.8 Å². The molecule has 23 heteroatoms. The van der Waals surface area contributed by atoms with Crippen LogP contribution in [0.3, 0.4) is 0 Å². The van der Waals surface area contributed by atoms with Gasteiger partial charge in [-0.15, -0.1) is 0 Å². The van der Waals surface area contributed by atoms with Crippen molar-refractivity contribution < 1.29 is 46.6 Å². The van der Waals surface area contributed by atoms with Crippen LogP contribution in [0.5, 0.6) is 29.1 Å². The number of hydrogen-bond donors (Lipinski definition) is 3. The van der Waals surface area contributed by atoms with Gasteiger partial charge in [0, 0.05) is 98.5 Å². The number of carbonyl (C=O) groups is 4. The smallest absolute Gasteiger partial charge is 0.417 e. The van der Waals surface area contributed by atoms with E-state index in [0.717, 1.165) is 30.9 Å². The van der Waals surface area contributed by atoms with Crippen LogP contribution < -0.4 is 35.1 Å². The number of anilines is 4. The van der Waals surface area contributed by atoms with E-state index in [1.807, 2.05) is 30.9 Å². The van der Waals surface area contributed by atoms with Crippen molar-refractivity contribution in [2.75, 3.05) is 54.1 Å². The summed E-state index contributed by atoms with van der Waals surface area (Å²) in [7, 11) is 1.51. The van der Waals surface area contributed by atoms with Crippen LogP contribution in [0.15, 0.2) is 165 Å². The van der Waals surface area contributed by atoms with Crippen molar-refractivity contribution in [1.82, 2.24) is 34.8 Å². The molecule has 3 aromatic carbocycles. The molecule has 400 valence electrons. The predicted molar refractivity (Wildman–Crippen MR) is 288 cm³/mol. The third-order valence-electron chi connectivity index (χ3n) is 11.0. The summed E-state index contributed by atoms with van der Waals surface area (Å²) in [6.07, 6.45) is 3.99. The number of aromatic nitrogens is 6. The molecular formula is C55H48Cl2F3N11O7. The zero-order chi connectivity index (χ0) is 55.6. The van der Waals surface area contributed by atoms with Crippen molar-refractivity contribution in [1.29, 1.82) is 0 Å². The second kappa shape index (κ2) is 27.0. The van der Waals surface area contributed by atoms with Crippen LogP contribution in [-0.2, 0) is 11.0 Å². The molecule has 3 N–H and O–H groups in total. The lowest BCUT2D eigenvalue weighted by molar-refractivity contribution is -0.138. The van der Waals surface area contributed by atoms with Gasteiger partial charge in [0.2, 0.25) is 11.8 Å². The Balaban J connectivity index is 0.000000170. The molecule has 18 nitrogen and oxygen atoms in total. The molecule has 1 aliphatic rings. The van der Waals surface area contributed by atoms with Crippen molar-refractivity contribution in [3.05, 3.63) is 197 Å². The first-order chi connectivity index (χ1) is 37.5. The zero-order valence-electron chi connectivity index (χ0n) is 41.8. The van der Waals surface area contributed by atoms with Gasteiger partial charge in [-0.2, -0.15) is 13.2 Å². The minimum Gasteiger partial charge on any atom is -0.493 e. The summed E-state index contributed by atoms with van der Waals surface area (Å²) in [5.41, 5.74) is 2.53. The van der Waals surface area contributed by atoms with E-state index in [9.17, 15) is 32.3 Å². The van der Waals surface area contributed by atoms with E-state index in [4.69, 9.17) is 37.4 Å². The Bertz CT molecular complexity index is 3290. The second-order valence-electron chi connectivity index (χ2n) is 16.8. The lowest BCUT2D eigenvalue weighted by Gasteiger charge is -2.37. The molecule has 1 aliphatic heterocycles. The Labute approximate surface area is 455 Å². The standard InChI is InChI=1S/C20H23ClN4O2.C18H11ClF3N3O2.C17H14N4O3/c1-14(2)20(27)25-11-9-24(10-12-25)18-7-6-15(13-16(18)21)23-19(26)17-5-3-4-8-22-17;19-13-9-12(25-17(26)14-3-1-2-8-23-14)5-6-15(13)27-16-7-4-11(10-24-16)18(20,21)22;1-23-15-11-12(21-16(22)13-5-2-3-8-18-13)6-7-14(15)24-17-19-9-4-10-20-17/h3-8,13-14H,9-12H2,1-2H3,(H,23,26);1-10H,(H,25,26);2-11H,1H3,(H,21,22). The number of alkyl halides is 3. The maximum atomic E-state index is 12.5. The molecule has 9 rings (SSSR count). The molecule has 0 unspecified atom stereocenters. The van der Waals surface area contributed by atoms with Crippen molar-refractivity contribution in [2.45, 2.75) is 20.0 Å². The minimum atomic E-state index is -4.48. The maximum Gasteiger partial charge on any atom is 0.417 e. The van der Waals surface area contributed by atoms with Gasteiger partial charge in [0.25, 0.3) is 17.7 Å². The molecule has 0 spiro atoms. The van der Waals surface area contributed by atoms with E-state index in [0.29, 0.717) is 64.3 Å². The highest BCUT2D eigenvalue weighted by molar-refractivity contribution is 6.33. The lowest BCUT2D eigenvalue weighted by atomic mass is 10.1. The third-order valence-corrected chi connectivity index (χ3v) is 11.6. The van der Waals surface area contributed by atoms with Crippen LogP contribution >= 0.6 is 23.2 Å². The fraction of sp³-hybridized carbons (Fsp3) is 0.164. The molecule has 4 amide bonds. The van der Waals surface area contributed by atoms with Gasteiger partial charge in [-0.1, -0.05) is 55.2 Å². The molecule has 1 saturated heterocycles. The summed E-state index contributed by atoms with van der Waals surface area (Å²) in [6, 6.07) is 34.0. The van der Waals surface area contributed by atoms with Crippen LogP contribution in [0.2, 0.25) is 10.0 Å². The second-order valence-corrected chi connectivity index (χ2v) is 17.6. The van der Waals surface area contributed by atoms with Gasteiger partial charge >= 0.3 is 12.2 Å². The number of halogens is 5. The number of nitrogens with zero attached hydrogens (tertiary/aromatic N) is 8. The van der Waals surface area contributed by atoms with Crippen LogP contribution in [-0.4, -0.2) is 91.7 Å². The molecule has 8 aromatic rings. The zero-order valence-corrected chi connectivity index (χ0v) is 43.3. The number of amides is 4.